The number of ether oxygens (including phenoxy) is 2. The van der Waals surface area contributed by atoms with Crippen LogP contribution in [0.2, 0.25) is 0 Å². The van der Waals surface area contributed by atoms with Gasteiger partial charge in [-0.2, -0.15) is 0 Å². The fraction of sp³-hybridized carbons (Fsp3) is 0.381. The Kier molecular flexibility index (Phi) is 8.74. The van der Waals surface area contributed by atoms with Crippen LogP contribution < -0.4 is 11.2 Å². The van der Waals surface area contributed by atoms with Gasteiger partial charge in [0.05, 0.1) is 43.1 Å². The number of nitrogen functional groups attached to an aromatic ring is 1. The number of nitrogens with two attached hydrogens (primary N) is 1. The topological polar surface area (TPSA) is 157 Å². The van der Waals surface area contributed by atoms with Crippen molar-refractivity contribution >= 4 is 23.5 Å². The molecule has 168 valence electrons. The Balaban J connectivity index is 2.36. The van der Waals surface area contributed by atoms with E-state index in [1.807, 2.05) is 0 Å². The Hall–Kier alpha value is -3.21. The molecular formula is C21H26N2O8. The molecule has 0 saturated carbocycles. The molecule has 1 amide bonds. The molecular weight excluding hydrogens is 408 g/mol. The Morgan fingerprint density at radius 1 is 1.00 bits per heavy atom. The van der Waals surface area contributed by atoms with Crippen molar-refractivity contribution in [1.82, 2.24) is 5.48 Å². The smallest absolute Gasteiger partial charge is 0.340 e. The summed E-state index contributed by atoms with van der Waals surface area (Å²) in [5.41, 5.74) is 9.73. The first kappa shape index (κ1) is 24.1. The average molecular weight is 434 g/mol. The Morgan fingerprint density at radius 3 is 1.97 bits per heavy atom. The fourth-order valence-electron chi connectivity index (χ4n) is 2.92. The predicted molar refractivity (Wildman–Crippen MR) is 110 cm³/mol. The molecule has 0 bridgehead atoms. The first-order valence-electron chi connectivity index (χ1n) is 9.71. The van der Waals surface area contributed by atoms with Crippen LogP contribution in [0.25, 0.3) is 11.1 Å². The number of hydroxylamine groups is 1. The van der Waals surface area contributed by atoms with E-state index in [-0.39, 0.29) is 43.1 Å². The molecule has 10 heteroatoms. The molecule has 5 N–H and O–H groups in total. The van der Waals surface area contributed by atoms with Crippen molar-refractivity contribution in [3.8, 4) is 11.1 Å². The normalized spacial score (nSPS) is 11.7. The van der Waals surface area contributed by atoms with Gasteiger partial charge in [0.15, 0.2) is 0 Å². The molecule has 31 heavy (non-hydrogen) atoms. The molecule has 2 aliphatic rings. The fourth-order valence-corrected chi connectivity index (χ4v) is 2.92. The predicted octanol–water partition coefficient (Wildman–Crippen LogP) is 0.670. The number of carbonyl (C=O) groups excluding carboxylic acids is 3. The highest BCUT2D eigenvalue weighted by Gasteiger charge is 2.30. The number of aliphatic hydroxyl groups is 2. The third-order valence-electron chi connectivity index (χ3n) is 4.29. The summed E-state index contributed by atoms with van der Waals surface area (Å²) >= 11 is 0. The summed E-state index contributed by atoms with van der Waals surface area (Å²) < 4.78 is 10.2. The van der Waals surface area contributed by atoms with E-state index >= 15 is 0 Å². The number of hydrogen-bond acceptors (Lipinski definition) is 9. The maximum atomic E-state index is 12.5. The van der Waals surface area contributed by atoms with Gasteiger partial charge in [-0.3, -0.25) is 9.63 Å². The summed E-state index contributed by atoms with van der Waals surface area (Å²) in [4.78, 5) is 41.8. The van der Waals surface area contributed by atoms with E-state index in [9.17, 15) is 19.5 Å². The second kappa shape index (κ2) is 11.3. The molecule has 0 saturated heterocycles. The number of aliphatic hydroxyl groups excluding tert-OH is 2. The van der Waals surface area contributed by atoms with Gasteiger partial charge in [0.25, 0.3) is 0 Å². The number of amides is 1. The highest BCUT2D eigenvalue weighted by atomic mass is 16.7. The molecule has 1 unspecified atom stereocenters. The SMILES string of the molecule is CCOC(=O)c1c2ccc(CC(=O)NOCC(O)CO)ccc-2c(C(=O)OCC)c1N. The maximum Gasteiger partial charge on any atom is 0.340 e. The van der Waals surface area contributed by atoms with Crippen molar-refractivity contribution in [1.29, 1.82) is 0 Å². The van der Waals surface area contributed by atoms with Crippen molar-refractivity contribution in [2.75, 3.05) is 32.2 Å². The van der Waals surface area contributed by atoms with Crippen LogP contribution in [0, 0.1) is 0 Å². The first-order valence-corrected chi connectivity index (χ1v) is 9.71. The van der Waals surface area contributed by atoms with Gasteiger partial charge in [-0.15, -0.1) is 0 Å². The van der Waals surface area contributed by atoms with Crippen LogP contribution >= 0.6 is 0 Å². The van der Waals surface area contributed by atoms with E-state index in [1.54, 1.807) is 38.1 Å². The van der Waals surface area contributed by atoms with Crippen LogP contribution in [0.5, 0.6) is 0 Å². The monoisotopic (exact) mass is 434 g/mol. The molecule has 0 aromatic rings. The Labute approximate surface area is 179 Å². The molecule has 10 nitrogen and oxygen atoms in total. The van der Waals surface area contributed by atoms with E-state index in [0.717, 1.165) is 0 Å². The summed E-state index contributed by atoms with van der Waals surface area (Å²) in [6.45, 7) is 2.83. The first-order chi connectivity index (χ1) is 14.8. The number of anilines is 1. The van der Waals surface area contributed by atoms with E-state index in [1.165, 1.54) is 0 Å². The van der Waals surface area contributed by atoms with Crippen LogP contribution in [0.1, 0.15) is 40.1 Å². The number of carbonyl (C=O) groups is 3. The lowest BCUT2D eigenvalue weighted by Gasteiger charge is -2.08. The van der Waals surface area contributed by atoms with Crippen LogP contribution in [0.3, 0.4) is 0 Å². The number of fused-ring (bicyclic) bond motifs is 1. The quantitative estimate of drug-likeness (QED) is 0.311. The standard InChI is InChI=1S/C21H26N2O8/c1-3-29-20(27)17-14-7-5-12(9-16(26)23-31-11-13(25)10-24)6-8-15(14)18(19(17)22)21(28)30-4-2/h5-8,13,24-25H,3-4,9-11,22H2,1-2H3,(H,23,26). The van der Waals surface area contributed by atoms with Gasteiger partial charge in [0.2, 0.25) is 5.91 Å². The van der Waals surface area contributed by atoms with Crippen molar-refractivity contribution in [2.24, 2.45) is 0 Å². The van der Waals surface area contributed by atoms with Gasteiger partial charge in [0.1, 0.15) is 12.7 Å². The molecule has 0 fully saturated rings. The maximum absolute atomic E-state index is 12.5. The molecule has 1 atom stereocenters. The zero-order valence-electron chi connectivity index (χ0n) is 17.3. The minimum Gasteiger partial charge on any atom is -0.462 e. The van der Waals surface area contributed by atoms with E-state index in [2.05, 4.69) is 5.48 Å². The minimum absolute atomic E-state index is 0.0202. The second-order valence-corrected chi connectivity index (χ2v) is 6.52. The van der Waals surface area contributed by atoms with Gasteiger partial charge in [-0.1, -0.05) is 24.3 Å². The molecule has 2 aliphatic carbocycles. The molecule has 2 rings (SSSR count). The highest BCUT2D eigenvalue weighted by molar-refractivity contribution is 6.15. The number of rotatable bonds is 10. The molecule has 0 aliphatic heterocycles. The second-order valence-electron chi connectivity index (χ2n) is 6.52. The van der Waals surface area contributed by atoms with E-state index < -0.39 is 30.6 Å². The number of esters is 2. The summed E-state index contributed by atoms with van der Waals surface area (Å²) in [6, 6.07) is 6.39. The molecule has 0 heterocycles. The molecule has 0 aromatic heterocycles. The zero-order chi connectivity index (χ0) is 23.0. The van der Waals surface area contributed by atoms with Crippen LogP contribution in [0.15, 0.2) is 24.3 Å². The number of nitrogens with one attached hydrogen (secondary N) is 1. The minimum atomic E-state index is -1.10. The molecule has 0 aromatic carbocycles. The van der Waals surface area contributed by atoms with Gasteiger partial charge in [-0.05, 0) is 30.5 Å². The van der Waals surface area contributed by atoms with Crippen LogP contribution in [0.4, 0.5) is 5.69 Å². The Bertz CT molecular complexity index is 859. The lowest BCUT2D eigenvalue weighted by atomic mass is 10.1. The zero-order valence-corrected chi connectivity index (χ0v) is 17.3. The van der Waals surface area contributed by atoms with Crippen molar-refractivity contribution in [3.63, 3.8) is 0 Å². The molecule has 0 radical (unpaired) electrons. The van der Waals surface area contributed by atoms with Crippen LogP contribution in [-0.2, 0) is 25.5 Å². The van der Waals surface area contributed by atoms with Gasteiger partial charge in [0, 0.05) is 0 Å². The summed E-state index contributed by atoms with van der Waals surface area (Å²) in [6.07, 6.45) is -1.18. The highest BCUT2D eigenvalue weighted by Crippen LogP contribution is 2.39. The van der Waals surface area contributed by atoms with E-state index in [4.69, 9.17) is 25.2 Å². The summed E-state index contributed by atoms with van der Waals surface area (Å²) in [5.74, 6) is -1.82. The summed E-state index contributed by atoms with van der Waals surface area (Å²) in [7, 11) is 0. The Morgan fingerprint density at radius 2 is 1.52 bits per heavy atom. The van der Waals surface area contributed by atoms with Gasteiger partial charge in [-0.25, -0.2) is 15.1 Å². The lowest BCUT2D eigenvalue weighted by molar-refractivity contribution is -0.136. The van der Waals surface area contributed by atoms with Crippen molar-refractivity contribution < 1.29 is 38.9 Å². The van der Waals surface area contributed by atoms with Crippen molar-refractivity contribution in [3.05, 3.63) is 41.0 Å². The largest absolute Gasteiger partial charge is 0.462 e. The van der Waals surface area contributed by atoms with Crippen LogP contribution in [-0.4, -0.2) is 60.6 Å². The third-order valence-corrected chi connectivity index (χ3v) is 4.29. The number of hydrogen-bond donors (Lipinski definition) is 4. The van der Waals surface area contributed by atoms with Crippen molar-refractivity contribution in [2.45, 2.75) is 26.4 Å². The summed E-state index contributed by atoms with van der Waals surface area (Å²) in [5, 5.41) is 17.9. The molecule has 0 spiro atoms. The lowest BCUT2D eigenvalue weighted by Crippen LogP contribution is -2.30. The average Bonchev–Trinajstić information content (AvgIpc) is 2.86. The van der Waals surface area contributed by atoms with E-state index in [0.29, 0.717) is 16.7 Å². The van der Waals surface area contributed by atoms with Gasteiger partial charge < -0.3 is 25.4 Å². The third kappa shape index (κ3) is 5.91. The van der Waals surface area contributed by atoms with Gasteiger partial charge >= 0.3 is 11.9 Å².